The maximum atomic E-state index is 13.2. The molecule has 35 heavy (non-hydrogen) atoms. The number of benzene rings is 3. The fourth-order valence-electron chi connectivity index (χ4n) is 3.35. The molecular weight excluding hydrogens is 597 g/mol. The number of amidine groups is 1. The number of rotatable bonds is 6. The molecule has 3 aromatic carbocycles. The van der Waals surface area contributed by atoms with Crippen LogP contribution in [-0.2, 0) is 11.4 Å². The Kier molecular flexibility index (Phi) is 8.06. The van der Waals surface area contributed by atoms with Crippen molar-refractivity contribution in [1.82, 2.24) is 4.90 Å². The molecule has 1 aliphatic heterocycles. The quantitative estimate of drug-likeness (QED) is 0.271. The van der Waals surface area contributed by atoms with Gasteiger partial charge in [-0.15, -0.1) is 0 Å². The highest BCUT2D eigenvalue weighted by atomic mass is 79.9. The topological polar surface area (TPSA) is 65.7 Å². The fourth-order valence-corrected chi connectivity index (χ4v) is 5.87. The Morgan fingerprint density at radius 2 is 1.83 bits per heavy atom. The van der Waals surface area contributed by atoms with Gasteiger partial charge < -0.3 is 4.74 Å². The lowest BCUT2D eigenvalue weighted by atomic mass is 10.1. The molecule has 0 spiro atoms. The Bertz CT molecular complexity index is 1360. The Labute approximate surface area is 223 Å². The zero-order valence-electron chi connectivity index (χ0n) is 18.5. The van der Waals surface area contributed by atoms with Crippen LogP contribution in [0.5, 0.6) is 5.75 Å². The average molecular weight is 615 g/mol. The Balaban J connectivity index is 1.56. The maximum absolute atomic E-state index is 13.2. The molecule has 1 fully saturated rings. The third-order valence-electron chi connectivity index (χ3n) is 5.08. The van der Waals surface area contributed by atoms with E-state index >= 15 is 0 Å². The van der Waals surface area contributed by atoms with E-state index in [2.05, 4.69) is 42.9 Å². The van der Waals surface area contributed by atoms with E-state index in [1.165, 1.54) is 23.9 Å². The minimum atomic E-state index is -0.338. The Hall–Kier alpha value is -2.93. The molecule has 0 aromatic heterocycles. The third kappa shape index (κ3) is 5.84. The van der Waals surface area contributed by atoms with Gasteiger partial charge in [0.15, 0.2) is 5.17 Å². The summed E-state index contributed by atoms with van der Waals surface area (Å²) in [4.78, 5) is 19.6. The van der Waals surface area contributed by atoms with Crippen molar-refractivity contribution in [3.05, 3.63) is 97.0 Å². The minimum absolute atomic E-state index is 0.140. The summed E-state index contributed by atoms with van der Waals surface area (Å²) in [7, 11) is 0. The number of carbonyl (C=O) groups is 1. The van der Waals surface area contributed by atoms with E-state index in [1.807, 2.05) is 37.3 Å². The molecule has 1 amide bonds. The summed E-state index contributed by atoms with van der Waals surface area (Å²) in [5.74, 6) is 0.118. The molecule has 1 saturated heterocycles. The normalized spacial score (nSPS) is 15.6. The van der Waals surface area contributed by atoms with E-state index in [0.29, 0.717) is 42.6 Å². The molecule has 0 unspecified atom stereocenters. The van der Waals surface area contributed by atoms with E-state index in [0.717, 1.165) is 11.1 Å². The largest absolute Gasteiger partial charge is 0.486 e. The van der Waals surface area contributed by atoms with Crippen molar-refractivity contribution >= 4 is 66.5 Å². The van der Waals surface area contributed by atoms with E-state index in [1.54, 1.807) is 29.2 Å². The number of nitrogens with zero attached hydrogens (tertiary/aromatic N) is 3. The van der Waals surface area contributed by atoms with Crippen LogP contribution in [-0.4, -0.2) is 22.5 Å². The second kappa shape index (κ2) is 11.2. The number of halogens is 3. The van der Waals surface area contributed by atoms with Crippen LogP contribution in [0, 0.1) is 17.1 Å². The number of hydrogen-bond acceptors (Lipinski definition) is 5. The van der Waals surface area contributed by atoms with Crippen LogP contribution in [0.15, 0.2) is 79.5 Å². The number of amides is 1. The zero-order chi connectivity index (χ0) is 24.9. The summed E-state index contributed by atoms with van der Waals surface area (Å²) in [5, 5.41) is 9.83. The number of carbonyl (C=O) groups excluding carboxylic acids is 1. The predicted octanol–water partition coefficient (Wildman–Crippen LogP) is 7.43. The van der Waals surface area contributed by atoms with Gasteiger partial charge in [0.05, 0.1) is 31.2 Å². The van der Waals surface area contributed by atoms with Gasteiger partial charge in [-0.3, -0.25) is 9.69 Å². The summed E-state index contributed by atoms with van der Waals surface area (Å²) in [6.07, 6.45) is 1.80. The van der Waals surface area contributed by atoms with Crippen LogP contribution in [0.1, 0.15) is 23.6 Å². The van der Waals surface area contributed by atoms with E-state index < -0.39 is 0 Å². The van der Waals surface area contributed by atoms with Crippen molar-refractivity contribution in [3.63, 3.8) is 0 Å². The highest BCUT2D eigenvalue weighted by molar-refractivity contribution is 9.11. The highest BCUT2D eigenvalue weighted by Gasteiger charge is 2.32. The average Bonchev–Trinajstić information content (AvgIpc) is 3.13. The molecule has 0 saturated carbocycles. The summed E-state index contributed by atoms with van der Waals surface area (Å²) < 4.78 is 20.6. The van der Waals surface area contributed by atoms with Gasteiger partial charge in [-0.2, -0.15) is 5.26 Å². The first-order valence-electron chi connectivity index (χ1n) is 10.5. The maximum Gasteiger partial charge on any atom is 0.266 e. The summed E-state index contributed by atoms with van der Waals surface area (Å²) in [5.41, 5.74) is 2.73. The molecule has 9 heteroatoms. The van der Waals surface area contributed by atoms with Crippen molar-refractivity contribution in [2.24, 2.45) is 4.99 Å². The van der Waals surface area contributed by atoms with Crippen molar-refractivity contribution < 1.29 is 13.9 Å². The molecular formula is C26H18Br2FN3O2S. The molecule has 4 rings (SSSR count). The standard InChI is InChI=1S/C26H18Br2FN3O2S/c1-2-32-25(33)23(35-26(32)31-20-9-7-19(29)8-10-20)13-16-11-21(27)24(22(28)12-16)34-15-18-6-4-3-5-17(18)14-30/h3-13H,2,15H2,1H3/b23-13+,31-26?. The van der Waals surface area contributed by atoms with Gasteiger partial charge in [0.2, 0.25) is 0 Å². The summed E-state index contributed by atoms with van der Waals surface area (Å²) >= 11 is 8.38. The second-order valence-electron chi connectivity index (χ2n) is 7.40. The number of likely N-dealkylation sites (N-methyl/N-ethyl adjacent to an activating group) is 1. The number of ether oxygens (including phenoxy) is 1. The fraction of sp³-hybridized carbons (Fsp3) is 0.115. The van der Waals surface area contributed by atoms with Crippen LogP contribution in [0.25, 0.3) is 6.08 Å². The van der Waals surface area contributed by atoms with Crippen molar-refractivity contribution in [3.8, 4) is 11.8 Å². The van der Waals surface area contributed by atoms with Gasteiger partial charge >= 0.3 is 0 Å². The van der Waals surface area contributed by atoms with Gasteiger partial charge in [0, 0.05) is 12.1 Å². The zero-order valence-corrected chi connectivity index (χ0v) is 22.5. The minimum Gasteiger partial charge on any atom is -0.486 e. The molecule has 1 aliphatic rings. The van der Waals surface area contributed by atoms with Crippen molar-refractivity contribution in [1.29, 1.82) is 5.26 Å². The molecule has 0 atom stereocenters. The van der Waals surface area contributed by atoms with Gasteiger partial charge in [-0.05, 0) is 105 Å². The first kappa shape index (κ1) is 25.2. The van der Waals surface area contributed by atoms with Crippen molar-refractivity contribution in [2.75, 3.05) is 6.54 Å². The van der Waals surface area contributed by atoms with Gasteiger partial charge in [-0.1, -0.05) is 18.2 Å². The third-order valence-corrected chi connectivity index (χ3v) is 7.27. The van der Waals surface area contributed by atoms with Crippen LogP contribution in [0.3, 0.4) is 0 Å². The molecule has 0 radical (unpaired) electrons. The molecule has 0 N–H and O–H groups in total. The molecule has 176 valence electrons. The van der Waals surface area contributed by atoms with E-state index in [4.69, 9.17) is 4.74 Å². The number of hydrogen-bond donors (Lipinski definition) is 0. The van der Waals surface area contributed by atoms with Crippen LogP contribution in [0.4, 0.5) is 10.1 Å². The van der Waals surface area contributed by atoms with Gasteiger partial charge in [-0.25, -0.2) is 9.38 Å². The summed E-state index contributed by atoms with van der Waals surface area (Å²) in [6.45, 7) is 2.59. The molecule has 0 aliphatic carbocycles. The predicted molar refractivity (Wildman–Crippen MR) is 144 cm³/mol. The van der Waals surface area contributed by atoms with E-state index in [9.17, 15) is 14.4 Å². The first-order valence-corrected chi connectivity index (χ1v) is 13.0. The molecule has 1 heterocycles. The SMILES string of the molecule is CCN1C(=O)/C(=C\c2cc(Br)c(OCc3ccccc3C#N)c(Br)c2)SC1=Nc1ccc(F)cc1. The second-order valence-corrected chi connectivity index (χ2v) is 10.1. The van der Waals surface area contributed by atoms with Gasteiger partial charge in [0.1, 0.15) is 18.2 Å². The lowest BCUT2D eigenvalue weighted by molar-refractivity contribution is -0.122. The van der Waals surface area contributed by atoms with Crippen LogP contribution in [0.2, 0.25) is 0 Å². The monoisotopic (exact) mass is 613 g/mol. The molecule has 5 nitrogen and oxygen atoms in total. The number of aliphatic imine (C=N–C) groups is 1. The number of thioether (sulfide) groups is 1. The Morgan fingerprint density at radius 3 is 2.49 bits per heavy atom. The van der Waals surface area contributed by atoms with Crippen LogP contribution < -0.4 is 4.74 Å². The van der Waals surface area contributed by atoms with Crippen molar-refractivity contribution in [2.45, 2.75) is 13.5 Å². The first-order chi connectivity index (χ1) is 16.9. The molecule has 3 aromatic rings. The Morgan fingerprint density at radius 1 is 1.14 bits per heavy atom. The lowest BCUT2D eigenvalue weighted by Crippen LogP contribution is -2.28. The van der Waals surface area contributed by atoms with E-state index in [-0.39, 0.29) is 18.3 Å². The van der Waals surface area contributed by atoms with Crippen LogP contribution >= 0.6 is 43.6 Å². The molecule has 0 bridgehead atoms. The lowest BCUT2D eigenvalue weighted by Gasteiger charge is -2.12. The smallest absolute Gasteiger partial charge is 0.266 e. The highest BCUT2D eigenvalue weighted by Crippen LogP contribution is 2.38. The van der Waals surface area contributed by atoms with Gasteiger partial charge in [0.25, 0.3) is 5.91 Å². The summed E-state index contributed by atoms with van der Waals surface area (Å²) in [6, 6.07) is 19.0. The number of nitriles is 1.